The molecule has 1 N–H and O–H groups in total. The maximum Gasteiger partial charge on any atom is 0.213 e. The van der Waals surface area contributed by atoms with Crippen LogP contribution >= 0.6 is 24.0 Å². The van der Waals surface area contributed by atoms with E-state index in [0.717, 1.165) is 23.8 Å². The molecule has 0 spiro atoms. The molecule has 0 aliphatic rings. The third kappa shape index (κ3) is 6.70. The van der Waals surface area contributed by atoms with Crippen LogP contribution in [-0.4, -0.2) is 43.7 Å². The molecule has 142 valence electrons. The first kappa shape index (κ1) is 22.0. The quantitative estimate of drug-likeness (QED) is 0.382. The van der Waals surface area contributed by atoms with Crippen molar-refractivity contribution in [1.82, 2.24) is 15.2 Å². The van der Waals surface area contributed by atoms with E-state index in [1.807, 2.05) is 38.2 Å². The monoisotopic (exact) mass is 470 g/mol. The van der Waals surface area contributed by atoms with Crippen LogP contribution in [0, 0.1) is 0 Å². The first-order valence-electron chi connectivity index (χ1n) is 8.28. The van der Waals surface area contributed by atoms with Gasteiger partial charge in [0.25, 0.3) is 0 Å². The Kier molecular flexibility index (Phi) is 9.79. The van der Waals surface area contributed by atoms with Crippen LogP contribution in [0.5, 0.6) is 11.6 Å². The molecule has 7 heteroatoms. The number of pyridine rings is 1. The molecule has 0 unspecified atom stereocenters. The summed E-state index contributed by atoms with van der Waals surface area (Å²) in [4.78, 5) is 10.6. The Balaban J connectivity index is 0.00000338. The SMILES string of the molecule is CCOc1cc(CNC(=NC)N(C)Cc2ccc(OC)cc2)ccn1.I. The van der Waals surface area contributed by atoms with E-state index in [1.165, 1.54) is 5.56 Å². The molecule has 1 aromatic heterocycles. The molecule has 0 aliphatic carbocycles. The molecular weight excluding hydrogens is 443 g/mol. The zero-order valence-electron chi connectivity index (χ0n) is 15.7. The highest BCUT2D eigenvalue weighted by Crippen LogP contribution is 2.13. The average Bonchev–Trinajstić information content (AvgIpc) is 2.63. The topological polar surface area (TPSA) is 59.0 Å². The third-order valence-electron chi connectivity index (χ3n) is 3.69. The summed E-state index contributed by atoms with van der Waals surface area (Å²) in [5.74, 6) is 2.32. The molecule has 2 rings (SSSR count). The Morgan fingerprint density at radius 2 is 1.92 bits per heavy atom. The number of rotatable bonds is 7. The van der Waals surface area contributed by atoms with Gasteiger partial charge in [0.2, 0.25) is 5.88 Å². The molecular formula is C19H27IN4O2. The summed E-state index contributed by atoms with van der Waals surface area (Å²) in [6.45, 7) is 3.96. The van der Waals surface area contributed by atoms with Gasteiger partial charge in [-0.25, -0.2) is 4.98 Å². The van der Waals surface area contributed by atoms with Crippen molar-refractivity contribution in [3.63, 3.8) is 0 Å². The number of aliphatic imine (C=N–C) groups is 1. The highest BCUT2D eigenvalue weighted by Gasteiger charge is 2.07. The predicted octanol–water partition coefficient (Wildman–Crippen LogP) is 3.31. The highest BCUT2D eigenvalue weighted by atomic mass is 127. The lowest BCUT2D eigenvalue weighted by Gasteiger charge is -2.22. The second-order valence-corrected chi connectivity index (χ2v) is 5.54. The first-order chi connectivity index (χ1) is 12.2. The third-order valence-corrected chi connectivity index (χ3v) is 3.69. The molecule has 6 nitrogen and oxygen atoms in total. The van der Waals surface area contributed by atoms with Crippen molar-refractivity contribution in [2.45, 2.75) is 20.0 Å². The smallest absolute Gasteiger partial charge is 0.213 e. The Morgan fingerprint density at radius 3 is 2.54 bits per heavy atom. The largest absolute Gasteiger partial charge is 0.497 e. The van der Waals surface area contributed by atoms with Gasteiger partial charge in [0.15, 0.2) is 5.96 Å². The molecule has 0 bridgehead atoms. The van der Waals surface area contributed by atoms with Gasteiger partial charge in [-0.05, 0) is 36.2 Å². The first-order valence-corrected chi connectivity index (χ1v) is 8.28. The Hall–Kier alpha value is -2.03. The minimum absolute atomic E-state index is 0. The Labute approximate surface area is 172 Å². The number of ether oxygens (including phenoxy) is 2. The number of nitrogens with zero attached hydrogens (tertiary/aromatic N) is 3. The average molecular weight is 470 g/mol. The van der Waals surface area contributed by atoms with Gasteiger partial charge in [0.05, 0.1) is 13.7 Å². The number of benzene rings is 1. The van der Waals surface area contributed by atoms with E-state index in [2.05, 4.69) is 32.3 Å². The van der Waals surface area contributed by atoms with Crippen molar-refractivity contribution in [3.8, 4) is 11.6 Å². The fourth-order valence-corrected chi connectivity index (χ4v) is 2.43. The van der Waals surface area contributed by atoms with Crippen molar-refractivity contribution in [3.05, 3.63) is 53.7 Å². The van der Waals surface area contributed by atoms with Gasteiger partial charge in [-0.15, -0.1) is 24.0 Å². The highest BCUT2D eigenvalue weighted by molar-refractivity contribution is 14.0. The van der Waals surface area contributed by atoms with Gasteiger partial charge in [-0.1, -0.05) is 12.1 Å². The minimum Gasteiger partial charge on any atom is -0.497 e. The lowest BCUT2D eigenvalue weighted by atomic mass is 10.2. The number of aromatic nitrogens is 1. The second kappa shape index (κ2) is 11.6. The van der Waals surface area contributed by atoms with Crippen LogP contribution in [-0.2, 0) is 13.1 Å². The number of nitrogens with one attached hydrogen (secondary N) is 1. The van der Waals surface area contributed by atoms with Gasteiger partial charge in [0.1, 0.15) is 5.75 Å². The Bertz CT molecular complexity index is 692. The summed E-state index contributed by atoms with van der Waals surface area (Å²) in [6, 6.07) is 11.9. The Morgan fingerprint density at radius 1 is 1.19 bits per heavy atom. The van der Waals surface area contributed by atoms with Crippen LogP contribution in [0.1, 0.15) is 18.1 Å². The van der Waals surface area contributed by atoms with Crippen molar-refractivity contribution in [2.24, 2.45) is 4.99 Å². The molecule has 0 radical (unpaired) electrons. The number of halogens is 1. The number of hydrogen-bond acceptors (Lipinski definition) is 4. The van der Waals surface area contributed by atoms with Crippen molar-refractivity contribution in [2.75, 3.05) is 27.8 Å². The molecule has 0 aliphatic heterocycles. The fourth-order valence-electron chi connectivity index (χ4n) is 2.43. The molecule has 0 saturated carbocycles. The molecule has 0 atom stereocenters. The molecule has 26 heavy (non-hydrogen) atoms. The maximum absolute atomic E-state index is 5.44. The van der Waals surface area contributed by atoms with Gasteiger partial charge in [0, 0.05) is 39.4 Å². The molecule has 0 fully saturated rings. The van der Waals surface area contributed by atoms with Crippen molar-refractivity contribution in [1.29, 1.82) is 0 Å². The molecule has 0 saturated heterocycles. The molecule has 2 aromatic rings. The van der Waals surface area contributed by atoms with Crippen LogP contribution in [0.2, 0.25) is 0 Å². The summed E-state index contributed by atoms with van der Waals surface area (Å²) in [7, 11) is 5.46. The van der Waals surface area contributed by atoms with Crippen molar-refractivity contribution >= 4 is 29.9 Å². The van der Waals surface area contributed by atoms with Gasteiger partial charge < -0.3 is 19.7 Å². The fraction of sp³-hybridized carbons (Fsp3) is 0.368. The minimum atomic E-state index is 0. The van der Waals surface area contributed by atoms with Gasteiger partial charge in [-0.2, -0.15) is 0 Å². The van der Waals surface area contributed by atoms with Gasteiger partial charge >= 0.3 is 0 Å². The van der Waals surface area contributed by atoms with E-state index in [0.29, 0.717) is 19.0 Å². The normalized spacial score (nSPS) is 10.7. The van der Waals surface area contributed by atoms with Crippen LogP contribution in [0.3, 0.4) is 0 Å². The molecule has 1 heterocycles. The maximum atomic E-state index is 5.44. The zero-order chi connectivity index (χ0) is 18.1. The number of hydrogen-bond donors (Lipinski definition) is 1. The molecule has 1 aromatic carbocycles. The van der Waals surface area contributed by atoms with Crippen LogP contribution < -0.4 is 14.8 Å². The van der Waals surface area contributed by atoms with E-state index in [-0.39, 0.29) is 24.0 Å². The van der Waals surface area contributed by atoms with Crippen molar-refractivity contribution < 1.29 is 9.47 Å². The standard InChI is InChI=1S/C19H26N4O2.HI/c1-5-25-18-12-16(10-11-21-18)13-22-19(20-2)23(3)14-15-6-8-17(24-4)9-7-15;/h6-12H,5,13-14H2,1-4H3,(H,20,22);1H. The summed E-state index contributed by atoms with van der Waals surface area (Å²) >= 11 is 0. The van der Waals surface area contributed by atoms with E-state index < -0.39 is 0 Å². The van der Waals surface area contributed by atoms with Crippen LogP contribution in [0.15, 0.2) is 47.6 Å². The lowest BCUT2D eigenvalue weighted by Crippen LogP contribution is -2.38. The van der Waals surface area contributed by atoms with Crippen LogP contribution in [0.25, 0.3) is 0 Å². The lowest BCUT2D eigenvalue weighted by molar-refractivity contribution is 0.326. The van der Waals surface area contributed by atoms with Crippen LogP contribution in [0.4, 0.5) is 0 Å². The predicted molar refractivity (Wildman–Crippen MR) is 115 cm³/mol. The number of guanidine groups is 1. The summed E-state index contributed by atoms with van der Waals surface area (Å²) in [5, 5.41) is 3.37. The second-order valence-electron chi connectivity index (χ2n) is 5.54. The zero-order valence-corrected chi connectivity index (χ0v) is 18.1. The number of methoxy groups -OCH3 is 1. The van der Waals surface area contributed by atoms with E-state index in [1.54, 1.807) is 20.4 Å². The van der Waals surface area contributed by atoms with Gasteiger partial charge in [-0.3, -0.25) is 4.99 Å². The van der Waals surface area contributed by atoms with E-state index >= 15 is 0 Å². The molecule has 0 amide bonds. The summed E-state index contributed by atoms with van der Waals surface area (Å²) < 4.78 is 10.6. The summed E-state index contributed by atoms with van der Waals surface area (Å²) in [6.07, 6.45) is 1.76. The summed E-state index contributed by atoms with van der Waals surface area (Å²) in [5.41, 5.74) is 2.28. The van der Waals surface area contributed by atoms with E-state index in [4.69, 9.17) is 9.47 Å². The van der Waals surface area contributed by atoms with E-state index in [9.17, 15) is 0 Å².